The molecule has 0 unspecified atom stereocenters. The minimum absolute atomic E-state index is 0.855. The normalized spacial score (nSPS) is 12.0. The molecular weight excluding hydrogens is 865 g/mol. The second-order valence-electron chi connectivity index (χ2n) is 18.3. The molecule has 70 heavy (non-hydrogen) atoms. The van der Waals surface area contributed by atoms with Crippen molar-refractivity contribution in [1.29, 1.82) is 0 Å². The first-order valence-electron chi connectivity index (χ1n) is 24.0. The van der Waals surface area contributed by atoms with E-state index in [1.165, 1.54) is 64.1 Å². The zero-order chi connectivity index (χ0) is 46.2. The highest BCUT2D eigenvalue weighted by atomic mass is 28.3. The molecule has 14 aromatic rings. The fourth-order valence-corrected chi connectivity index (χ4v) is 16.4. The van der Waals surface area contributed by atoms with Gasteiger partial charge in [-0.15, -0.1) is 0 Å². The summed E-state index contributed by atoms with van der Waals surface area (Å²) in [7, 11) is -2.82. The maximum Gasteiger partial charge on any atom is 0.179 e. The molecule has 5 heteroatoms. The van der Waals surface area contributed by atoms with Crippen LogP contribution < -0.4 is 20.7 Å². The van der Waals surface area contributed by atoms with E-state index in [0.29, 0.717) is 0 Å². The highest BCUT2D eigenvalue weighted by molar-refractivity contribution is 7.20. The molecule has 4 aromatic heterocycles. The fraction of sp³-hybridized carbons (Fsp3) is 0. The average molecular weight is 909 g/mol. The van der Waals surface area contributed by atoms with Crippen LogP contribution in [0.4, 0.5) is 0 Å². The van der Waals surface area contributed by atoms with Crippen molar-refractivity contribution in [3.05, 3.63) is 267 Å². The van der Waals surface area contributed by atoms with E-state index in [0.717, 1.165) is 50.5 Å². The summed E-state index contributed by atoms with van der Waals surface area (Å²) >= 11 is 0. The molecule has 0 aliphatic rings. The molecule has 4 nitrogen and oxygen atoms in total. The third kappa shape index (κ3) is 6.05. The molecule has 4 heterocycles. The molecule has 0 fully saturated rings. The second kappa shape index (κ2) is 16.1. The number of hydrogen-bond donors (Lipinski definition) is 0. The number of nitrogens with zero attached hydrogens (tertiary/aromatic N) is 4. The Labute approximate surface area is 406 Å². The molecular formula is C65H44N4Si. The van der Waals surface area contributed by atoms with Crippen molar-refractivity contribution >= 4 is 94.2 Å². The maximum absolute atomic E-state index is 5.74. The van der Waals surface area contributed by atoms with Crippen LogP contribution in [0.25, 0.3) is 93.9 Å². The summed E-state index contributed by atoms with van der Waals surface area (Å²) in [6.07, 6.45) is 0. The molecule has 0 saturated carbocycles. The van der Waals surface area contributed by atoms with Crippen LogP contribution in [0, 0.1) is 0 Å². The average Bonchev–Trinajstić information content (AvgIpc) is 4.08. The van der Waals surface area contributed by atoms with Gasteiger partial charge in [-0.25, -0.2) is 4.98 Å². The standard InChI is InChI=1S/C65H44N4Si/c1-4-23-48(24-5-1)70(49-25-6-2-7-26-49,50-27-8-3-9-28-50)51-39-40-63-57(44-51)56-33-14-19-38-62(56)69(63)65-43-46(42-64(66-65)68-60-36-17-12-31-54(60)55-32-13-18-37-61(55)68)45-21-20-22-47(41-45)67-58-34-15-10-29-52(58)53-30-11-16-35-59(53)67/h1-44H. The minimum Gasteiger partial charge on any atom is -0.309 e. The Morgan fingerprint density at radius 3 is 1.06 bits per heavy atom. The third-order valence-electron chi connectivity index (χ3n) is 14.6. The highest BCUT2D eigenvalue weighted by Gasteiger charge is 2.41. The summed E-state index contributed by atoms with van der Waals surface area (Å²) in [5.74, 6) is 1.71. The number of fused-ring (bicyclic) bond motifs is 9. The molecule has 0 N–H and O–H groups in total. The molecule has 0 aliphatic heterocycles. The first-order chi connectivity index (χ1) is 34.7. The summed E-state index contributed by atoms with van der Waals surface area (Å²) in [5.41, 5.74) is 10.1. The van der Waals surface area contributed by atoms with E-state index >= 15 is 0 Å². The number of aromatic nitrogens is 4. The van der Waals surface area contributed by atoms with Crippen molar-refractivity contribution < 1.29 is 0 Å². The predicted molar refractivity (Wildman–Crippen MR) is 296 cm³/mol. The van der Waals surface area contributed by atoms with Gasteiger partial charge in [0, 0.05) is 38.0 Å². The lowest BCUT2D eigenvalue weighted by Crippen LogP contribution is -2.74. The van der Waals surface area contributed by atoms with E-state index in [-0.39, 0.29) is 0 Å². The number of pyridine rings is 1. The first kappa shape index (κ1) is 40.1. The molecule has 0 bridgehead atoms. The van der Waals surface area contributed by atoms with E-state index in [1.807, 2.05) is 0 Å². The van der Waals surface area contributed by atoms with Gasteiger partial charge in [0.25, 0.3) is 0 Å². The van der Waals surface area contributed by atoms with E-state index in [9.17, 15) is 0 Å². The predicted octanol–water partition coefficient (Wildman–Crippen LogP) is 13.4. The number of rotatable bonds is 8. The lowest BCUT2D eigenvalue weighted by molar-refractivity contribution is 1.01. The van der Waals surface area contributed by atoms with Crippen LogP contribution in [0.1, 0.15) is 0 Å². The van der Waals surface area contributed by atoms with Gasteiger partial charge in [-0.3, -0.25) is 9.13 Å². The summed E-state index contributed by atoms with van der Waals surface area (Å²) in [6, 6.07) is 98.1. The SMILES string of the molecule is c1ccc([Si](c2ccccc2)(c2ccccc2)c2ccc3c(c2)c2ccccc2n3-c2cc(-c3cccc(-n4c5ccccc5c5ccccc54)c3)cc(-n3c4ccccc4c4ccccc43)n2)cc1. The summed E-state index contributed by atoms with van der Waals surface area (Å²) in [4.78, 5) is 5.74. The number of benzene rings is 10. The highest BCUT2D eigenvalue weighted by Crippen LogP contribution is 2.38. The Bertz CT molecular complexity index is 4100. The first-order valence-corrected chi connectivity index (χ1v) is 26.0. The van der Waals surface area contributed by atoms with Gasteiger partial charge in [0.2, 0.25) is 0 Å². The number of para-hydroxylation sites is 5. The molecule has 0 aliphatic carbocycles. The minimum atomic E-state index is -2.82. The van der Waals surface area contributed by atoms with Gasteiger partial charge < -0.3 is 4.57 Å². The molecule has 0 atom stereocenters. The van der Waals surface area contributed by atoms with E-state index in [1.54, 1.807) is 0 Å². The van der Waals surface area contributed by atoms with Crippen molar-refractivity contribution in [3.8, 4) is 28.5 Å². The van der Waals surface area contributed by atoms with Gasteiger partial charge in [0.05, 0.1) is 33.1 Å². The van der Waals surface area contributed by atoms with Crippen molar-refractivity contribution in [1.82, 2.24) is 18.7 Å². The maximum atomic E-state index is 5.74. The Balaban J connectivity index is 1.04. The van der Waals surface area contributed by atoms with Gasteiger partial charge in [0.15, 0.2) is 8.07 Å². The Hall–Kier alpha value is -9.03. The molecule has 0 radical (unpaired) electrons. The zero-order valence-electron chi connectivity index (χ0n) is 38.2. The van der Waals surface area contributed by atoms with Crippen LogP contribution in [0.15, 0.2) is 267 Å². The van der Waals surface area contributed by atoms with Crippen LogP contribution in [-0.4, -0.2) is 26.8 Å². The van der Waals surface area contributed by atoms with Crippen LogP contribution in [-0.2, 0) is 0 Å². The van der Waals surface area contributed by atoms with Crippen LogP contribution in [0.2, 0.25) is 0 Å². The third-order valence-corrected chi connectivity index (χ3v) is 19.4. The van der Waals surface area contributed by atoms with Gasteiger partial charge in [-0.1, -0.05) is 206 Å². The molecule has 0 spiro atoms. The molecule has 14 rings (SSSR count). The lowest BCUT2D eigenvalue weighted by atomic mass is 10.1. The monoisotopic (exact) mass is 908 g/mol. The zero-order valence-corrected chi connectivity index (χ0v) is 39.2. The lowest BCUT2D eigenvalue weighted by Gasteiger charge is -2.34. The topological polar surface area (TPSA) is 27.7 Å². The number of hydrogen-bond acceptors (Lipinski definition) is 1. The van der Waals surface area contributed by atoms with Crippen molar-refractivity contribution in [2.45, 2.75) is 0 Å². The quantitative estimate of drug-likeness (QED) is 0.110. The largest absolute Gasteiger partial charge is 0.309 e. The second-order valence-corrected chi connectivity index (χ2v) is 22.1. The van der Waals surface area contributed by atoms with Crippen molar-refractivity contribution in [2.24, 2.45) is 0 Å². The van der Waals surface area contributed by atoms with Crippen LogP contribution in [0.3, 0.4) is 0 Å². The van der Waals surface area contributed by atoms with E-state index < -0.39 is 8.07 Å². The van der Waals surface area contributed by atoms with Crippen molar-refractivity contribution in [2.75, 3.05) is 0 Å². The molecule has 0 amide bonds. The Morgan fingerprint density at radius 2 is 0.614 bits per heavy atom. The van der Waals surface area contributed by atoms with Gasteiger partial charge in [-0.2, -0.15) is 0 Å². The fourth-order valence-electron chi connectivity index (χ4n) is 11.6. The smallest absolute Gasteiger partial charge is 0.179 e. The summed E-state index contributed by atoms with van der Waals surface area (Å²) < 4.78 is 7.14. The molecule has 10 aromatic carbocycles. The van der Waals surface area contributed by atoms with Gasteiger partial charge >= 0.3 is 0 Å². The Morgan fingerprint density at radius 1 is 0.243 bits per heavy atom. The van der Waals surface area contributed by atoms with Crippen LogP contribution >= 0.6 is 0 Å². The van der Waals surface area contributed by atoms with E-state index in [4.69, 9.17) is 4.98 Å². The van der Waals surface area contributed by atoms with Crippen molar-refractivity contribution in [3.63, 3.8) is 0 Å². The van der Waals surface area contributed by atoms with Gasteiger partial charge in [0.1, 0.15) is 11.6 Å². The molecule has 328 valence electrons. The summed E-state index contributed by atoms with van der Waals surface area (Å²) in [6.45, 7) is 0. The van der Waals surface area contributed by atoms with Gasteiger partial charge in [-0.05, 0) is 92.5 Å². The summed E-state index contributed by atoms with van der Waals surface area (Å²) in [5, 5.41) is 12.7. The van der Waals surface area contributed by atoms with E-state index in [2.05, 4.69) is 281 Å². The Kier molecular flexibility index (Phi) is 9.19. The van der Waals surface area contributed by atoms with Crippen LogP contribution in [0.5, 0.6) is 0 Å². The molecule has 0 saturated heterocycles.